The Morgan fingerprint density at radius 1 is 1.27 bits per heavy atom. The average Bonchev–Trinajstić information content (AvgIpc) is 1.94. The van der Waals surface area contributed by atoms with Gasteiger partial charge in [0.05, 0.1) is 6.61 Å². The maximum Gasteiger partial charge on any atom is 2.00 e. The number of ether oxygens (including phenoxy) is 1. The first kappa shape index (κ1) is 20.7. The molecule has 15 heavy (non-hydrogen) atoms. The quantitative estimate of drug-likeness (QED) is 0.342. The molecule has 0 rings (SSSR count). The van der Waals surface area contributed by atoms with Crippen molar-refractivity contribution < 1.29 is 29.0 Å². The zero-order valence-electron chi connectivity index (χ0n) is 10.8. The molecule has 0 saturated carbocycles. The number of esters is 1. The molecule has 0 spiro atoms. The molecule has 86 valence electrons. The van der Waals surface area contributed by atoms with Gasteiger partial charge in [-0.3, -0.25) is 4.79 Å². The number of unbranched alkanes of at least 4 members (excludes halogenated alkanes) is 2. The Morgan fingerprint density at radius 2 is 1.67 bits per heavy atom. The van der Waals surface area contributed by atoms with Gasteiger partial charge in [0.1, 0.15) is 0 Å². The summed E-state index contributed by atoms with van der Waals surface area (Å²) in [5.41, 5.74) is 0. The zero-order chi connectivity index (χ0) is 11.6. The molecule has 4 heteroatoms. The van der Waals surface area contributed by atoms with Gasteiger partial charge in [-0.2, -0.15) is 6.42 Å². The van der Waals surface area contributed by atoms with Crippen molar-refractivity contribution >= 4 is 14.0 Å². The Morgan fingerprint density at radius 3 is 1.93 bits per heavy atom. The van der Waals surface area contributed by atoms with Crippen LogP contribution in [0.25, 0.3) is 0 Å². The van der Waals surface area contributed by atoms with E-state index in [1.807, 2.05) is 0 Å². The normalized spacial score (nSPS) is 9.47. The molecule has 0 atom stereocenters. The fourth-order valence-corrected chi connectivity index (χ4v) is 0.495. The molecule has 0 aromatic heterocycles. The summed E-state index contributed by atoms with van der Waals surface area (Å²) in [5, 5.41) is 0. The van der Waals surface area contributed by atoms with Gasteiger partial charge in [0.15, 0.2) is 0 Å². The Hall–Kier alpha value is 0.310. The minimum absolute atomic E-state index is 0. The molecule has 0 aliphatic heterocycles. The first-order valence-corrected chi connectivity index (χ1v) is 8.76. The van der Waals surface area contributed by atoms with Crippen LogP contribution in [0.15, 0.2) is 0 Å². The second-order valence-electron chi connectivity index (χ2n) is 4.46. The van der Waals surface area contributed by atoms with Gasteiger partial charge in [-0.25, -0.2) is 0 Å². The largest absolute Gasteiger partial charge is 2.00 e. The second kappa shape index (κ2) is 12.4. The Bertz CT molecular complexity index is 138. The summed E-state index contributed by atoms with van der Waals surface area (Å²) in [6.45, 7) is 16.2. The number of carbonyl (C=O) groups is 1. The summed E-state index contributed by atoms with van der Waals surface area (Å²) < 4.78 is 4.68. The van der Waals surface area contributed by atoms with Crippen molar-refractivity contribution in [3.63, 3.8) is 0 Å². The SMILES string of the molecule is [CH2-]CCCCOC(C)=O.[CH2-][Si](C)(C)C.[Zn+2]. The van der Waals surface area contributed by atoms with Crippen molar-refractivity contribution in [2.45, 2.75) is 45.8 Å². The fourth-order valence-electron chi connectivity index (χ4n) is 0.495. The van der Waals surface area contributed by atoms with Gasteiger partial charge in [-0.1, -0.05) is 26.1 Å². The summed E-state index contributed by atoms with van der Waals surface area (Å²) in [6.07, 6.45) is 2.89. The number of rotatable bonds is 4. The molecule has 2 nitrogen and oxygen atoms in total. The molecule has 0 unspecified atom stereocenters. The van der Waals surface area contributed by atoms with Crippen LogP contribution >= 0.6 is 0 Å². The van der Waals surface area contributed by atoms with Crippen molar-refractivity contribution in [2.24, 2.45) is 0 Å². The van der Waals surface area contributed by atoms with E-state index in [1.165, 1.54) is 6.92 Å². The number of hydrogen-bond acceptors (Lipinski definition) is 2. The van der Waals surface area contributed by atoms with Crippen LogP contribution in [0.1, 0.15) is 26.2 Å². The van der Waals surface area contributed by atoms with Crippen molar-refractivity contribution in [3.05, 3.63) is 13.5 Å². The Kier molecular flexibility index (Phi) is 17.1. The first-order valence-electron chi connectivity index (χ1n) is 5.05. The molecule has 0 heterocycles. The van der Waals surface area contributed by atoms with Crippen molar-refractivity contribution in [1.29, 1.82) is 0 Å². The number of hydrogen-bond donors (Lipinski definition) is 0. The molecule has 0 aromatic rings. The standard InChI is InChI=1S/C7H13O2.C4H11Si.Zn/c1-3-4-5-6-9-7(2)8;1-5(2,3)4;/h1,3-6H2,2H3;1H2,2-4H3;/q2*-1;+2. The maximum atomic E-state index is 10.2. The van der Waals surface area contributed by atoms with E-state index in [9.17, 15) is 4.79 Å². The molecule has 0 N–H and O–H groups in total. The molecule has 0 saturated heterocycles. The predicted octanol–water partition coefficient (Wildman–Crippen LogP) is 3.25. The van der Waals surface area contributed by atoms with E-state index < -0.39 is 8.07 Å². The van der Waals surface area contributed by atoms with Crippen LogP contribution in [0.3, 0.4) is 0 Å². The Balaban J connectivity index is -0.000000208. The molecule has 0 aromatic carbocycles. The summed E-state index contributed by atoms with van der Waals surface area (Å²) in [6, 6.07) is 0. The summed E-state index contributed by atoms with van der Waals surface area (Å²) >= 11 is 0. The van der Waals surface area contributed by atoms with Gasteiger partial charge in [-0.15, -0.1) is 8.07 Å². The third kappa shape index (κ3) is 54.5. The van der Waals surface area contributed by atoms with Crippen LogP contribution in [0.2, 0.25) is 19.6 Å². The van der Waals surface area contributed by atoms with Gasteiger partial charge < -0.3 is 18.2 Å². The minimum Gasteiger partial charge on any atom is -0.466 e. The van der Waals surface area contributed by atoms with Gasteiger partial charge >= 0.3 is 25.4 Å². The van der Waals surface area contributed by atoms with E-state index in [-0.39, 0.29) is 25.4 Å². The molecular weight excluding hydrogens is 258 g/mol. The molecule has 0 amide bonds. The monoisotopic (exact) mass is 280 g/mol. The van der Waals surface area contributed by atoms with Crippen molar-refractivity contribution in [1.82, 2.24) is 0 Å². The molecule has 0 aliphatic rings. The van der Waals surface area contributed by atoms with Crippen LogP contribution in [0, 0.1) is 13.5 Å². The van der Waals surface area contributed by atoms with Gasteiger partial charge in [0.2, 0.25) is 0 Å². The first-order chi connectivity index (χ1) is 6.27. The second-order valence-corrected chi connectivity index (χ2v) is 9.58. The third-order valence-electron chi connectivity index (χ3n) is 0.950. The van der Waals surface area contributed by atoms with E-state index in [2.05, 4.69) is 37.8 Å². The predicted molar refractivity (Wildman–Crippen MR) is 64.5 cm³/mol. The van der Waals surface area contributed by atoms with Gasteiger partial charge in [0.25, 0.3) is 0 Å². The summed E-state index contributed by atoms with van der Waals surface area (Å²) in [4.78, 5) is 10.2. The van der Waals surface area contributed by atoms with E-state index in [1.54, 1.807) is 0 Å². The van der Waals surface area contributed by atoms with Crippen LogP contribution in [-0.2, 0) is 29.0 Å². The third-order valence-corrected chi connectivity index (χ3v) is 0.950. The van der Waals surface area contributed by atoms with E-state index >= 15 is 0 Å². The smallest absolute Gasteiger partial charge is 0.466 e. The number of carbonyl (C=O) groups excluding carboxylic acids is 1. The maximum absolute atomic E-state index is 10.2. The van der Waals surface area contributed by atoms with Crippen LogP contribution in [0.5, 0.6) is 0 Å². The summed E-state index contributed by atoms with van der Waals surface area (Å²) in [7, 11) is -0.861. The molecule has 0 bridgehead atoms. The Labute approximate surface area is 109 Å². The van der Waals surface area contributed by atoms with Crippen LogP contribution in [-0.4, -0.2) is 20.7 Å². The van der Waals surface area contributed by atoms with Crippen LogP contribution < -0.4 is 0 Å². The topological polar surface area (TPSA) is 26.3 Å². The zero-order valence-corrected chi connectivity index (χ0v) is 14.7. The van der Waals surface area contributed by atoms with Gasteiger partial charge in [-0.05, 0) is 6.42 Å². The van der Waals surface area contributed by atoms with Crippen LogP contribution in [0.4, 0.5) is 0 Å². The van der Waals surface area contributed by atoms with E-state index in [0.29, 0.717) is 6.61 Å². The van der Waals surface area contributed by atoms with E-state index in [0.717, 1.165) is 19.3 Å². The molecular formula is C11H24O2SiZn. The molecule has 0 radical (unpaired) electrons. The average molecular weight is 282 g/mol. The fraction of sp³-hybridized carbons (Fsp3) is 0.727. The minimum atomic E-state index is -0.861. The van der Waals surface area contributed by atoms with Crippen molar-refractivity contribution in [2.75, 3.05) is 6.61 Å². The van der Waals surface area contributed by atoms with E-state index in [4.69, 9.17) is 0 Å². The molecule has 0 fully saturated rings. The van der Waals surface area contributed by atoms with Crippen molar-refractivity contribution in [3.8, 4) is 0 Å². The van der Waals surface area contributed by atoms with Gasteiger partial charge in [0, 0.05) is 6.92 Å². The summed E-state index contributed by atoms with van der Waals surface area (Å²) in [5.74, 6) is -0.195. The molecule has 0 aliphatic carbocycles.